The van der Waals surface area contributed by atoms with E-state index in [1.54, 1.807) is 0 Å². The summed E-state index contributed by atoms with van der Waals surface area (Å²) in [6.45, 7) is 4.19. The number of hydrogen-bond donors (Lipinski definition) is 1. The fourth-order valence-electron chi connectivity index (χ4n) is 2.32. The molecule has 0 amide bonds. The van der Waals surface area contributed by atoms with Crippen LogP contribution >= 0.6 is 0 Å². The Morgan fingerprint density at radius 3 is 2.94 bits per heavy atom. The molecule has 102 valence electrons. The van der Waals surface area contributed by atoms with Gasteiger partial charge in [0.15, 0.2) is 0 Å². The molecule has 2 atom stereocenters. The van der Waals surface area contributed by atoms with Gasteiger partial charge in [-0.1, -0.05) is 6.92 Å². The van der Waals surface area contributed by atoms with Crippen LogP contribution in [0.1, 0.15) is 18.3 Å². The van der Waals surface area contributed by atoms with Crippen molar-refractivity contribution < 1.29 is 9.47 Å². The molecular formula is C13H23N3O2. The van der Waals surface area contributed by atoms with Crippen molar-refractivity contribution in [3.8, 4) is 0 Å². The van der Waals surface area contributed by atoms with Gasteiger partial charge in [0.25, 0.3) is 0 Å². The summed E-state index contributed by atoms with van der Waals surface area (Å²) in [4.78, 5) is 0. The van der Waals surface area contributed by atoms with Crippen molar-refractivity contribution in [1.29, 1.82) is 0 Å². The third-order valence-electron chi connectivity index (χ3n) is 3.48. The molecule has 5 heteroatoms. The minimum absolute atomic E-state index is 0.128. The molecule has 0 aliphatic carbocycles. The largest absolute Gasteiger partial charge is 0.376 e. The van der Waals surface area contributed by atoms with Crippen LogP contribution in [0.5, 0.6) is 0 Å². The van der Waals surface area contributed by atoms with E-state index in [-0.39, 0.29) is 12.1 Å². The molecule has 2 unspecified atom stereocenters. The highest BCUT2D eigenvalue weighted by Crippen LogP contribution is 2.13. The van der Waals surface area contributed by atoms with Crippen LogP contribution < -0.4 is 5.32 Å². The topological polar surface area (TPSA) is 48.3 Å². The Balaban J connectivity index is 2.02. The summed E-state index contributed by atoms with van der Waals surface area (Å²) in [5.74, 6) is 0. The standard InChI is InChI=1S/C13H23N3O2/c1-4-10-7-11(16(3)15-10)8-12(14-2)13-9-17-5-6-18-13/h7,12-14H,4-6,8-9H2,1-3H3. The summed E-state index contributed by atoms with van der Waals surface area (Å²) in [7, 11) is 3.97. The minimum atomic E-state index is 0.128. The lowest BCUT2D eigenvalue weighted by Gasteiger charge is -2.30. The summed E-state index contributed by atoms with van der Waals surface area (Å²) in [6, 6.07) is 2.44. The molecular weight excluding hydrogens is 230 g/mol. The van der Waals surface area contributed by atoms with E-state index in [0.717, 1.165) is 18.5 Å². The SMILES string of the molecule is CCc1cc(CC(NC)C2COCCO2)n(C)n1. The zero-order valence-electron chi connectivity index (χ0n) is 11.5. The molecule has 18 heavy (non-hydrogen) atoms. The molecule has 0 spiro atoms. The van der Waals surface area contributed by atoms with Crippen molar-refractivity contribution in [2.24, 2.45) is 7.05 Å². The quantitative estimate of drug-likeness (QED) is 0.831. The lowest BCUT2D eigenvalue weighted by Crippen LogP contribution is -2.46. The van der Waals surface area contributed by atoms with Gasteiger partial charge in [0.2, 0.25) is 0 Å². The molecule has 2 heterocycles. The number of nitrogens with one attached hydrogen (secondary N) is 1. The maximum atomic E-state index is 5.76. The molecule has 1 aliphatic heterocycles. The minimum Gasteiger partial charge on any atom is -0.376 e. The molecule has 1 fully saturated rings. The maximum absolute atomic E-state index is 5.76. The van der Waals surface area contributed by atoms with Crippen molar-refractivity contribution >= 4 is 0 Å². The van der Waals surface area contributed by atoms with Crippen molar-refractivity contribution in [2.45, 2.75) is 31.9 Å². The van der Waals surface area contributed by atoms with Gasteiger partial charge in [-0.05, 0) is 19.5 Å². The van der Waals surface area contributed by atoms with E-state index in [1.807, 2.05) is 18.8 Å². The fourth-order valence-corrected chi connectivity index (χ4v) is 2.32. The Morgan fingerprint density at radius 2 is 2.39 bits per heavy atom. The molecule has 0 radical (unpaired) electrons. The second-order valence-corrected chi connectivity index (χ2v) is 4.69. The van der Waals surface area contributed by atoms with E-state index in [4.69, 9.17) is 9.47 Å². The molecule has 1 saturated heterocycles. The first-order chi connectivity index (χ1) is 8.74. The predicted octanol–water partition coefficient (Wildman–Crippen LogP) is 0.528. The number of hydrogen-bond acceptors (Lipinski definition) is 4. The number of likely N-dealkylation sites (N-methyl/N-ethyl adjacent to an activating group) is 1. The highest BCUT2D eigenvalue weighted by molar-refractivity contribution is 5.12. The van der Waals surface area contributed by atoms with E-state index >= 15 is 0 Å². The third-order valence-corrected chi connectivity index (χ3v) is 3.48. The Labute approximate surface area is 108 Å². The van der Waals surface area contributed by atoms with Gasteiger partial charge in [-0.25, -0.2) is 0 Å². The second kappa shape index (κ2) is 6.31. The molecule has 0 bridgehead atoms. The summed E-state index contributed by atoms with van der Waals surface area (Å²) in [5, 5.41) is 7.81. The van der Waals surface area contributed by atoms with Crippen molar-refractivity contribution in [2.75, 3.05) is 26.9 Å². The Bertz CT molecular complexity index is 372. The van der Waals surface area contributed by atoms with Gasteiger partial charge in [-0.2, -0.15) is 5.10 Å². The monoisotopic (exact) mass is 253 g/mol. The van der Waals surface area contributed by atoms with Crippen LogP contribution in [-0.4, -0.2) is 48.8 Å². The maximum Gasteiger partial charge on any atom is 0.0965 e. The molecule has 2 rings (SSSR count). The number of nitrogens with zero attached hydrogens (tertiary/aromatic N) is 2. The fraction of sp³-hybridized carbons (Fsp3) is 0.769. The molecule has 1 N–H and O–H groups in total. The van der Waals surface area contributed by atoms with E-state index in [2.05, 4.69) is 23.4 Å². The van der Waals surface area contributed by atoms with Crippen LogP contribution in [0.15, 0.2) is 6.07 Å². The Hall–Kier alpha value is -0.910. The third kappa shape index (κ3) is 3.10. The molecule has 5 nitrogen and oxygen atoms in total. The molecule has 0 aromatic carbocycles. The smallest absolute Gasteiger partial charge is 0.0965 e. The molecule has 0 saturated carbocycles. The van der Waals surface area contributed by atoms with Crippen LogP contribution in [0.2, 0.25) is 0 Å². The summed E-state index contributed by atoms with van der Waals surface area (Å²) in [5.41, 5.74) is 2.38. The number of aryl methyl sites for hydroxylation is 2. The number of ether oxygens (including phenoxy) is 2. The van der Waals surface area contributed by atoms with Gasteiger partial charge in [0.1, 0.15) is 0 Å². The first kappa shape index (κ1) is 13.5. The average molecular weight is 253 g/mol. The van der Waals surface area contributed by atoms with Crippen LogP contribution in [-0.2, 0) is 29.4 Å². The van der Waals surface area contributed by atoms with Gasteiger partial charge in [-0.3, -0.25) is 4.68 Å². The van der Waals surface area contributed by atoms with E-state index in [0.29, 0.717) is 19.8 Å². The predicted molar refractivity (Wildman–Crippen MR) is 69.7 cm³/mol. The summed E-state index contributed by atoms with van der Waals surface area (Å²) < 4.78 is 13.2. The van der Waals surface area contributed by atoms with Crippen LogP contribution in [0.4, 0.5) is 0 Å². The van der Waals surface area contributed by atoms with E-state index < -0.39 is 0 Å². The first-order valence-corrected chi connectivity index (χ1v) is 6.63. The van der Waals surface area contributed by atoms with E-state index in [1.165, 1.54) is 5.69 Å². The number of aromatic nitrogens is 2. The van der Waals surface area contributed by atoms with Crippen molar-refractivity contribution in [1.82, 2.24) is 15.1 Å². The summed E-state index contributed by atoms with van der Waals surface area (Å²) >= 11 is 0. The van der Waals surface area contributed by atoms with Gasteiger partial charge in [0.05, 0.1) is 31.6 Å². The molecule has 1 aromatic heterocycles. The van der Waals surface area contributed by atoms with Crippen LogP contribution in [0.25, 0.3) is 0 Å². The lowest BCUT2D eigenvalue weighted by molar-refractivity contribution is -0.101. The summed E-state index contributed by atoms with van der Waals surface area (Å²) in [6.07, 6.45) is 2.01. The van der Waals surface area contributed by atoms with Gasteiger partial charge in [-0.15, -0.1) is 0 Å². The lowest BCUT2D eigenvalue weighted by atomic mass is 10.0. The van der Waals surface area contributed by atoms with Gasteiger partial charge in [0, 0.05) is 25.2 Å². The van der Waals surface area contributed by atoms with Crippen LogP contribution in [0.3, 0.4) is 0 Å². The van der Waals surface area contributed by atoms with E-state index in [9.17, 15) is 0 Å². The first-order valence-electron chi connectivity index (χ1n) is 6.63. The van der Waals surface area contributed by atoms with Crippen molar-refractivity contribution in [3.63, 3.8) is 0 Å². The highest BCUT2D eigenvalue weighted by atomic mass is 16.6. The second-order valence-electron chi connectivity index (χ2n) is 4.69. The van der Waals surface area contributed by atoms with Crippen LogP contribution in [0, 0.1) is 0 Å². The Morgan fingerprint density at radius 1 is 1.56 bits per heavy atom. The molecule has 1 aliphatic rings. The number of rotatable bonds is 5. The van der Waals surface area contributed by atoms with Gasteiger partial charge < -0.3 is 14.8 Å². The average Bonchev–Trinajstić information content (AvgIpc) is 2.77. The zero-order valence-corrected chi connectivity index (χ0v) is 11.5. The molecule has 1 aromatic rings. The normalized spacial score (nSPS) is 22.1. The van der Waals surface area contributed by atoms with Crippen molar-refractivity contribution in [3.05, 3.63) is 17.5 Å². The highest BCUT2D eigenvalue weighted by Gasteiger charge is 2.25. The Kier molecular flexibility index (Phi) is 4.74. The van der Waals surface area contributed by atoms with Gasteiger partial charge >= 0.3 is 0 Å². The zero-order chi connectivity index (χ0) is 13.0.